The third kappa shape index (κ3) is 6.86. The van der Waals surface area contributed by atoms with E-state index in [0.717, 1.165) is 16.7 Å². The lowest BCUT2D eigenvalue weighted by Gasteiger charge is -2.29. The lowest BCUT2D eigenvalue weighted by atomic mass is 9.93. The van der Waals surface area contributed by atoms with E-state index >= 15 is 0 Å². The summed E-state index contributed by atoms with van der Waals surface area (Å²) in [5.41, 5.74) is 2.55. The number of carbonyl (C=O) groups is 3. The largest absolute Gasteiger partial charge is 0.445 e. The van der Waals surface area contributed by atoms with Crippen LogP contribution in [0.25, 0.3) is 0 Å². The van der Waals surface area contributed by atoms with Crippen molar-refractivity contribution in [2.24, 2.45) is 11.8 Å². The fourth-order valence-corrected chi connectivity index (χ4v) is 4.76. The minimum Gasteiger partial charge on any atom is -0.445 e. The molecule has 1 fully saturated rings. The molecule has 1 aliphatic rings. The average Bonchev–Trinajstić information content (AvgIpc) is 3.61. The first-order valence-corrected chi connectivity index (χ1v) is 12.9. The number of benzene rings is 3. The van der Waals surface area contributed by atoms with Crippen molar-refractivity contribution in [3.8, 4) is 0 Å². The number of amides is 2. The summed E-state index contributed by atoms with van der Waals surface area (Å²) in [7, 11) is 0. The van der Waals surface area contributed by atoms with Crippen LogP contribution in [-0.4, -0.2) is 41.1 Å². The van der Waals surface area contributed by atoms with E-state index in [2.05, 4.69) is 10.6 Å². The monoisotopic (exact) mass is 514 g/mol. The zero-order valence-electron chi connectivity index (χ0n) is 21.6. The molecule has 0 aromatic heterocycles. The van der Waals surface area contributed by atoms with Gasteiger partial charge >= 0.3 is 6.09 Å². The molecule has 7 heteroatoms. The van der Waals surface area contributed by atoms with E-state index in [9.17, 15) is 19.5 Å². The Bertz CT molecular complexity index is 1220. The quantitative estimate of drug-likeness (QED) is 0.359. The van der Waals surface area contributed by atoms with Crippen LogP contribution in [0.15, 0.2) is 91.0 Å². The first-order valence-electron chi connectivity index (χ1n) is 12.9. The molecule has 0 bridgehead atoms. The van der Waals surface area contributed by atoms with Crippen LogP contribution in [0.5, 0.6) is 0 Å². The van der Waals surface area contributed by atoms with E-state index < -0.39 is 36.1 Å². The predicted molar refractivity (Wildman–Crippen MR) is 144 cm³/mol. The predicted octanol–water partition coefficient (Wildman–Crippen LogP) is 4.01. The van der Waals surface area contributed by atoms with Crippen LogP contribution in [0.4, 0.5) is 4.79 Å². The molecule has 5 atom stereocenters. The number of rotatable bonds is 11. The van der Waals surface area contributed by atoms with E-state index in [1.165, 1.54) is 0 Å². The van der Waals surface area contributed by atoms with Gasteiger partial charge in [-0.25, -0.2) is 4.79 Å². The Morgan fingerprint density at radius 3 is 1.97 bits per heavy atom. The van der Waals surface area contributed by atoms with Crippen LogP contribution in [0.1, 0.15) is 36.5 Å². The van der Waals surface area contributed by atoms with Gasteiger partial charge in [-0.1, -0.05) is 105 Å². The highest BCUT2D eigenvalue weighted by atomic mass is 16.5. The molecule has 2 unspecified atom stereocenters. The topological polar surface area (TPSA) is 105 Å². The molecule has 3 aromatic carbocycles. The summed E-state index contributed by atoms with van der Waals surface area (Å²) in [6.45, 7) is 3.84. The number of hydrogen-bond acceptors (Lipinski definition) is 5. The van der Waals surface area contributed by atoms with Crippen molar-refractivity contribution in [3.05, 3.63) is 108 Å². The van der Waals surface area contributed by atoms with Gasteiger partial charge in [-0.2, -0.15) is 0 Å². The molecular formula is C31H34N2O5. The minimum atomic E-state index is -1.06. The number of aliphatic hydroxyl groups is 1. The highest BCUT2D eigenvalue weighted by Crippen LogP contribution is 2.46. The van der Waals surface area contributed by atoms with E-state index in [1.807, 2.05) is 105 Å². The Balaban J connectivity index is 1.44. The molecule has 0 aliphatic heterocycles. The van der Waals surface area contributed by atoms with E-state index in [4.69, 9.17) is 4.74 Å². The number of alkyl carbamates (subject to hydrolysis) is 1. The molecular weight excluding hydrogens is 480 g/mol. The minimum absolute atomic E-state index is 0.0351. The fourth-order valence-electron chi connectivity index (χ4n) is 4.76. The molecule has 7 nitrogen and oxygen atoms in total. The standard InChI is InChI=1S/C31H34N2O5/c1-20(2)27(29(35)26-25(28(26)34)23-16-10-5-11-17-23)33-30(36)24(18-21-12-6-3-7-13-21)32-31(37)38-19-22-14-8-4-9-15-22/h3-17,20,24-27,29,35H,18-19H2,1-2H3,(H,32,37)(H,33,36)/t24-,25?,26?,27-,29-/m0/s1. The zero-order valence-corrected chi connectivity index (χ0v) is 21.6. The van der Waals surface area contributed by atoms with Gasteiger partial charge in [-0.15, -0.1) is 0 Å². The van der Waals surface area contributed by atoms with Gasteiger partial charge in [0.1, 0.15) is 18.4 Å². The summed E-state index contributed by atoms with van der Waals surface area (Å²) in [5, 5.41) is 16.8. The zero-order chi connectivity index (χ0) is 27.1. The van der Waals surface area contributed by atoms with Gasteiger partial charge in [-0.05, 0) is 22.6 Å². The number of carbonyl (C=O) groups excluding carboxylic acids is 3. The maximum absolute atomic E-state index is 13.5. The summed E-state index contributed by atoms with van der Waals surface area (Å²) in [4.78, 5) is 38.7. The van der Waals surface area contributed by atoms with Crippen molar-refractivity contribution >= 4 is 17.8 Å². The Labute approximate surface area is 223 Å². The molecule has 1 aliphatic carbocycles. The first-order chi connectivity index (χ1) is 18.3. The van der Waals surface area contributed by atoms with Crippen LogP contribution >= 0.6 is 0 Å². The third-order valence-electron chi connectivity index (χ3n) is 6.91. The number of ether oxygens (including phenoxy) is 1. The third-order valence-corrected chi connectivity index (χ3v) is 6.91. The molecule has 38 heavy (non-hydrogen) atoms. The first kappa shape index (κ1) is 27.1. The van der Waals surface area contributed by atoms with Gasteiger partial charge in [0.15, 0.2) is 0 Å². The summed E-state index contributed by atoms with van der Waals surface area (Å²) < 4.78 is 5.35. The Kier molecular flexibility index (Phi) is 8.92. The van der Waals surface area contributed by atoms with Crippen LogP contribution in [0.2, 0.25) is 0 Å². The molecule has 3 aromatic rings. The summed E-state index contributed by atoms with van der Waals surface area (Å²) >= 11 is 0. The van der Waals surface area contributed by atoms with Gasteiger partial charge < -0.3 is 20.5 Å². The molecule has 0 spiro atoms. The SMILES string of the molecule is CC(C)[C@H](NC(=O)[C@H](Cc1ccccc1)NC(=O)OCc1ccccc1)[C@@H](O)C1C(=O)C1c1ccccc1. The summed E-state index contributed by atoms with van der Waals surface area (Å²) in [6, 6.07) is 26.4. The molecule has 198 valence electrons. The second kappa shape index (κ2) is 12.5. The summed E-state index contributed by atoms with van der Waals surface area (Å²) in [6.07, 6.45) is -1.53. The van der Waals surface area contributed by atoms with Crippen LogP contribution in [0, 0.1) is 11.8 Å². The van der Waals surface area contributed by atoms with Crippen LogP contribution < -0.4 is 10.6 Å². The Morgan fingerprint density at radius 1 is 0.842 bits per heavy atom. The molecule has 0 heterocycles. The lowest BCUT2D eigenvalue weighted by molar-refractivity contribution is -0.125. The smallest absolute Gasteiger partial charge is 0.408 e. The second-order valence-corrected chi connectivity index (χ2v) is 10.0. The summed E-state index contributed by atoms with van der Waals surface area (Å²) in [5.74, 6) is -1.60. The van der Waals surface area contributed by atoms with Crippen molar-refractivity contribution in [2.45, 2.75) is 51.0 Å². The fraction of sp³-hybridized carbons (Fsp3) is 0.323. The van der Waals surface area contributed by atoms with Gasteiger partial charge in [-0.3, -0.25) is 9.59 Å². The van der Waals surface area contributed by atoms with Crippen molar-refractivity contribution in [2.75, 3.05) is 0 Å². The normalized spacial score (nSPS) is 18.8. The number of ketones is 1. The number of hydrogen-bond donors (Lipinski definition) is 3. The average molecular weight is 515 g/mol. The molecule has 1 saturated carbocycles. The lowest BCUT2D eigenvalue weighted by Crippen LogP contribution is -2.55. The second-order valence-electron chi connectivity index (χ2n) is 10.0. The van der Waals surface area contributed by atoms with Crippen molar-refractivity contribution in [1.29, 1.82) is 0 Å². The van der Waals surface area contributed by atoms with Crippen LogP contribution in [0.3, 0.4) is 0 Å². The molecule has 0 radical (unpaired) electrons. The number of aliphatic hydroxyl groups excluding tert-OH is 1. The van der Waals surface area contributed by atoms with Gasteiger partial charge in [0, 0.05) is 6.42 Å². The van der Waals surface area contributed by atoms with E-state index in [1.54, 1.807) is 0 Å². The number of nitrogens with one attached hydrogen (secondary N) is 2. The molecule has 3 N–H and O–H groups in total. The maximum Gasteiger partial charge on any atom is 0.408 e. The van der Waals surface area contributed by atoms with Crippen molar-refractivity contribution < 1.29 is 24.2 Å². The van der Waals surface area contributed by atoms with Crippen molar-refractivity contribution in [1.82, 2.24) is 10.6 Å². The molecule has 2 amide bonds. The van der Waals surface area contributed by atoms with E-state index in [-0.39, 0.29) is 30.6 Å². The highest BCUT2D eigenvalue weighted by molar-refractivity contribution is 6.05. The maximum atomic E-state index is 13.5. The molecule has 0 saturated heterocycles. The number of Topliss-reactive ketones (excluding diaryl/α,β-unsaturated/α-hetero) is 1. The highest BCUT2D eigenvalue weighted by Gasteiger charge is 2.56. The van der Waals surface area contributed by atoms with Crippen molar-refractivity contribution in [3.63, 3.8) is 0 Å². The van der Waals surface area contributed by atoms with E-state index in [0.29, 0.717) is 0 Å². The Hall–Kier alpha value is -3.97. The van der Waals surface area contributed by atoms with Gasteiger partial charge in [0.2, 0.25) is 5.91 Å². The van der Waals surface area contributed by atoms with Gasteiger partial charge in [0.25, 0.3) is 0 Å². The molecule has 4 rings (SSSR count). The van der Waals surface area contributed by atoms with Crippen LogP contribution in [-0.2, 0) is 27.4 Å². The Morgan fingerprint density at radius 2 is 1.39 bits per heavy atom. The van der Waals surface area contributed by atoms with Gasteiger partial charge in [0.05, 0.1) is 24.0 Å².